The van der Waals surface area contributed by atoms with Gasteiger partial charge in [-0.2, -0.15) is 0 Å². The number of benzene rings is 2. The molecule has 1 aromatic heterocycles. The van der Waals surface area contributed by atoms with Crippen LogP contribution in [0, 0.1) is 0 Å². The van der Waals surface area contributed by atoms with Crippen LogP contribution in [0.25, 0.3) is 10.9 Å². The maximum Gasteiger partial charge on any atom is 0.407 e. The average molecular weight is 340 g/mol. The fraction of sp³-hybridized carbons (Fsp3) is 0.211. The maximum atomic E-state index is 11.9. The Morgan fingerprint density at radius 3 is 2.76 bits per heavy atom. The third-order valence-electron chi connectivity index (χ3n) is 3.97. The van der Waals surface area contributed by atoms with Gasteiger partial charge < -0.3 is 25.3 Å². The first-order valence-electron chi connectivity index (χ1n) is 8.03. The van der Waals surface area contributed by atoms with Gasteiger partial charge in [0.1, 0.15) is 12.4 Å². The van der Waals surface area contributed by atoms with Gasteiger partial charge in [0.15, 0.2) is 0 Å². The quantitative estimate of drug-likeness (QED) is 0.555. The third-order valence-corrected chi connectivity index (χ3v) is 3.97. The van der Waals surface area contributed by atoms with Gasteiger partial charge in [0, 0.05) is 17.1 Å². The Hall–Kier alpha value is -2.99. The molecule has 0 aliphatic rings. The van der Waals surface area contributed by atoms with E-state index in [2.05, 4.69) is 10.3 Å². The predicted octanol–water partition coefficient (Wildman–Crippen LogP) is 2.70. The molecule has 6 heteroatoms. The number of rotatable bonds is 6. The molecule has 6 nitrogen and oxygen atoms in total. The molecule has 0 unspecified atom stereocenters. The number of aliphatic hydroxyl groups excluding tert-OH is 1. The standard InChI is InChI=1S/C19H20N2O4/c22-11-15(21-19(24)25-12-13-4-2-1-3-5-13)8-14-10-20-18-7-6-16(23)9-17(14)18/h1-7,9-10,15,20,22-23H,8,11-12H2,(H,21,24)/t15-/m0/s1. The van der Waals surface area contributed by atoms with E-state index in [1.165, 1.54) is 0 Å². The molecule has 0 aliphatic heterocycles. The Morgan fingerprint density at radius 1 is 1.20 bits per heavy atom. The number of carbonyl (C=O) groups is 1. The molecule has 4 N–H and O–H groups in total. The smallest absolute Gasteiger partial charge is 0.407 e. The zero-order valence-electron chi connectivity index (χ0n) is 13.6. The van der Waals surface area contributed by atoms with Crippen LogP contribution in [0.3, 0.4) is 0 Å². The molecule has 0 radical (unpaired) electrons. The summed E-state index contributed by atoms with van der Waals surface area (Å²) in [5, 5.41) is 22.7. The molecule has 1 atom stereocenters. The van der Waals surface area contributed by atoms with Gasteiger partial charge >= 0.3 is 6.09 Å². The van der Waals surface area contributed by atoms with Crippen molar-refractivity contribution in [3.8, 4) is 5.75 Å². The highest BCUT2D eigenvalue weighted by Gasteiger charge is 2.15. The van der Waals surface area contributed by atoms with E-state index in [0.29, 0.717) is 6.42 Å². The number of aromatic nitrogens is 1. The van der Waals surface area contributed by atoms with E-state index in [9.17, 15) is 15.0 Å². The number of alkyl carbamates (subject to hydrolysis) is 1. The predicted molar refractivity (Wildman–Crippen MR) is 94.3 cm³/mol. The monoisotopic (exact) mass is 340 g/mol. The van der Waals surface area contributed by atoms with E-state index in [1.54, 1.807) is 18.2 Å². The molecule has 0 saturated heterocycles. The van der Waals surface area contributed by atoms with Crippen LogP contribution in [-0.2, 0) is 17.8 Å². The fourth-order valence-electron chi connectivity index (χ4n) is 2.69. The molecule has 3 aromatic rings. The summed E-state index contributed by atoms with van der Waals surface area (Å²) in [6.45, 7) is -0.0439. The lowest BCUT2D eigenvalue weighted by molar-refractivity contribution is 0.129. The molecule has 25 heavy (non-hydrogen) atoms. The summed E-state index contributed by atoms with van der Waals surface area (Å²) < 4.78 is 5.18. The number of hydrogen-bond donors (Lipinski definition) is 4. The van der Waals surface area contributed by atoms with Crippen LogP contribution in [-0.4, -0.2) is 33.9 Å². The third kappa shape index (κ3) is 4.30. The summed E-state index contributed by atoms with van der Waals surface area (Å²) >= 11 is 0. The van der Waals surface area contributed by atoms with Gasteiger partial charge in [0.2, 0.25) is 0 Å². The Kier molecular flexibility index (Phi) is 5.20. The zero-order valence-corrected chi connectivity index (χ0v) is 13.6. The lowest BCUT2D eigenvalue weighted by Crippen LogP contribution is -2.39. The SMILES string of the molecule is O=C(N[C@H](CO)Cc1c[nH]c2ccc(O)cc12)OCc1ccccc1. The second-order valence-corrected chi connectivity index (χ2v) is 5.83. The molecule has 1 amide bonds. The Labute approximate surface area is 145 Å². The van der Waals surface area contributed by atoms with E-state index in [4.69, 9.17) is 4.74 Å². The van der Waals surface area contributed by atoms with Crippen LogP contribution >= 0.6 is 0 Å². The van der Waals surface area contributed by atoms with Crippen molar-refractivity contribution >= 4 is 17.0 Å². The number of ether oxygens (including phenoxy) is 1. The topological polar surface area (TPSA) is 94.6 Å². The Bertz CT molecular complexity index is 845. The van der Waals surface area contributed by atoms with Crippen LogP contribution in [0.2, 0.25) is 0 Å². The summed E-state index contributed by atoms with van der Waals surface area (Å²) in [6.07, 6.45) is 1.65. The zero-order chi connectivity index (χ0) is 17.6. The van der Waals surface area contributed by atoms with Crippen molar-refractivity contribution in [2.45, 2.75) is 19.1 Å². The molecule has 130 valence electrons. The maximum absolute atomic E-state index is 11.9. The summed E-state index contributed by atoms with van der Waals surface area (Å²) in [6, 6.07) is 13.9. The number of aromatic hydroxyl groups is 1. The van der Waals surface area contributed by atoms with Crippen LogP contribution < -0.4 is 5.32 Å². The first-order valence-corrected chi connectivity index (χ1v) is 8.03. The number of phenolic OH excluding ortho intramolecular Hbond substituents is 1. The molecule has 0 aliphatic carbocycles. The van der Waals surface area contributed by atoms with Gasteiger partial charge in [-0.05, 0) is 35.7 Å². The highest BCUT2D eigenvalue weighted by Crippen LogP contribution is 2.23. The number of phenols is 1. The molecular formula is C19H20N2O4. The number of H-pyrrole nitrogens is 1. The number of aromatic amines is 1. The van der Waals surface area contributed by atoms with Crippen LogP contribution in [0.4, 0.5) is 4.79 Å². The molecule has 0 saturated carbocycles. The first-order chi connectivity index (χ1) is 12.2. The largest absolute Gasteiger partial charge is 0.508 e. The summed E-state index contributed by atoms with van der Waals surface area (Å²) in [7, 11) is 0. The van der Waals surface area contributed by atoms with E-state index in [0.717, 1.165) is 22.0 Å². The summed E-state index contributed by atoms with van der Waals surface area (Å²) in [5.41, 5.74) is 2.68. The highest BCUT2D eigenvalue weighted by atomic mass is 16.5. The minimum atomic E-state index is -0.578. The van der Waals surface area contributed by atoms with E-state index < -0.39 is 12.1 Å². The fourth-order valence-corrected chi connectivity index (χ4v) is 2.69. The second kappa shape index (κ2) is 7.72. The van der Waals surface area contributed by atoms with Crippen molar-refractivity contribution in [3.63, 3.8) is 0 Å². The lowest BCUT2D eigenvalue weighted by Gasteiger charge is -2.16. The molecule has 0 fully saturated rings. The molecule has 1 heterocycles. The van der Waals surface area contributed by atoms with E-state index in [-0.39, 0.29) is 19.0 Å². The van der Waals surface area contributed by atoms with E-state index >= 15 is 0 Å². The summed E-state index contributed by atoms with van der Waals surface area (Å²) in [4.78, 5) is 15.0. The molecule has 0 spiro atoms. The molecule has 2 aromatic carbocycles. The van der Waals surface area contributed by atoms with Gasteiger partial charge in [-0.3, -0.25) is 0 Å². The number of hydrogen-bond acceptors (Lipinski definition) is 4. The van der Waals surface area contributed by atoms with Crippen molar-refractivity contribution in [3.05, 3.63) is 65.9 Å². The number of nitrogens with one attached hydrogen (secondary N) is 2. The molecule has 3 rings (SSSR count). The minimum absolute atomic E-state index is 0.170. The normalized spacial score (nSPS) is 12.0. The number of fused-ring (bicyclic) bond motifs is 1. The lowest BCUT2D eigenvalue weighted by atomic mass is 10.1. The van der Waals surface area contributed by atoms with Crippen LogP contribution in [0.5, 0.6) is 5.75 Å². The van der Waals surface area contributed by atoms with Crippen molar-refractivity contribution in [1.82, 2.24) is 10.3 Å². The van der Waals surface area contributed by atoms with E-state index in [1.807, 2.05) is 36.5 Å². The van der Waals surface area contributed by atoms with Crippen molar-refractivity contribution in [2.75, 3.05) is 6.61 Å². The summed E-state index contributed by atoms with van der Waals surface area (Å²) in [5.74, 6) is 0.170. The van der Waals surface area contributed by atoms with Crippen LogP contribution in [0.1, 0.15) is 11.1 Å². The van der Waals surface area contributed by atoms with Crippen molar-refractivity contribution in [1.29, 1.82) is 0 Å². The number of aliphatic hydroxyl groups is 1. The van der Waals surface area contributed by atoms with Gasteiger partial charge in [-0.15, -0.1) is 0 Å². The van der Waals surface area contributed by atoms with Crippen molar-refractivity contribution in [2.24, 2.45) is 0 Å². The van der Waals surface area contributed by atoms with Gasteiger partial charge in [-0.25, -0.2) is 4.79 Å². The van der Waals surface area contributed by atoms with Gasteiger partial charge in [-0.1, -0.05) is 30.3 Å². The Balaban J connectivity index is 1.60. The van der Waals surface area contributed by atoms with Gasteiger partial charge in [0.25, 0.3) is 0 Å². The van der Waals surface area contributed by atoms with Crippen molar-refractivity contribution < 1.29 is 19.7 Å². The Morgan fingerprint density at radius 2 is 2.00 bits per heavy atom. The minimum Gasteiger partial charge on any atom is -0.508 e. The highest BCUT2D eigenvalue weighted by molar-refractivity contribution is 5.84. The average Bonchev–Trinajstić information content (AvgIpc) is 3.02. The number of carbonyl (C=O) groups excluding carboxylic acids is 1. The second-order valence-electron chi connectivity index (χ2n) is 5.83. The number of amides is 1. The molecule has 0 bridgehead atoms. The molecular weight excluding hydrogens is 320 g/mol. The van der Waals surface area contributed by atoms with Crippen LogP contribution in [0.15, 0.2) is 54.7 Å². The van der Waals surface area contributed by atoms with Gasteiger partial charge in [0.05, 0.1) is 12.6 Å². The first kappa shape index (κ1) is 16.9.